The molecule has 22 heavy (non-hydrogen) atoms. The number of aromatic amines is 1. The number of aryl methyl sites for hydroxylation is 1. The van der Waals surface area contributed by atoms with Crippen molar-refractivity contribution < 1.29 is 10.2 Å². The van der Waals surface area contributed by atoms with Gasteiger partial charge in [0.15, 0.2) is 0 Å². The third-order valence-corrected chi connectivity index (χ3v) is 4.59. The Kier molecular flexibility index (Phi) is 6.19. The van der Waals surface area contributed by atoms with Crippen LogP contribution >= 0.6 is 11.8 Å². The highest BCUT2D eigenvalue weighted by Gasteiger charge is 2.21. The van der Waals surface area contributed by atoms with Gasteiger partial charge in [-0.3, -0.25) is 4.79 Å². The van der Waals surface area contributed by atoms with Crippen LogP contribution in [0.5, 0.6) is 0 Å². The number of H-pyrrole nitrogens is 1. The number of aliphatic hydroxyl groups is 2. The summed E-state index contributed by atoms with van der Waals surface area (Å²) in [6, 6.07) is 0. The van der Waals surface area contributed by atoms with Crippen molar-refractivity contribution in [2.24, 2.45) is 5.92 Å². The van der Waals surface area contributed by atoms with Crippen LogP contribution in [0.25, 0.3) is 5.57 Å². The number of nitrogens with zero attached hydrogens (tertiary/aromatic N) is 1. The quantitative estimate of drug-likeness (QED) is 0.534. The number of rotatable bonds is 8. The lowest BCUT2D eigenvalue weighted by Gasteiger charge is -2.21. The largest absolute Gasteiger partial charge is 0.394 e. The van der Waals surface area contributed by atoms with Crippen molar-refractivity contribution in [2.45, 2.75) is 19.4 Å². The second-order valence-corrected chi connectivity index (χ2v) is 6.42. The summed E-state index contributed by atoms with van der Waals surface area (Å²) in [5.41, 5.74) is 2.45. The van der Waals surface area contributed by atoms with Gasteiger partial charge in [-0.2, -0.15) is 11.8 Å². The molecule has 1 aliphatic rings. The van der Waals surface area contributed by atoms with Crippen LogP contribution in [-0.2, 0) is 6.42 Å². The Morgan fingerprint density at radius 3 is 3.00 bits per heavy atom. The molecule has 2 atom stereocenters. The molecule has 0 aromatic carbocycles. The molecule has 0 saturated carbocycles. The van der Waals surface area contributed by atoms with Gasteiger partial charge >= 0.3 is 0 Å². The molecule has 1 aromatic rings. The minimum absolute atomic E-state index is 0.00431. The summed E-state index contributed by atoms with van der Waals surface area (Å²) in [6.45, 7) is 2.76. The first-order valence-electron chi connectivity index (χ1n) is 7.34. The molecule has 0 saturated heterocycles. The predicted octanol–water partition coefficient (Wildman–Crippen LogP) is -0.0602. The normalized spacial score (nSPS) is 16.3. The van der Waals surface area contributed by atoms with Crippen molar-refractivity contribution in [3.8, 4) is 0 Å². The van der Waals surface area contributed by atoms with E-state index in [0.717, 1.165) is 22.6 Å². The fraction of sp³-hybridized carbons (Fsp3) is 0.600. The van der Waals surface area contributed by atoms with Gasteiger partial charge in [0, 0.05) is 24.6 Å². The fourth-order valence-corrected chi connectivity index (χ4v) is 3.37. The van der Waals surface area contributed by atoms with Crippen molar-refractivity contribution in [1.82, 2.24) is 15.3 Å². The van der Waals surface area contributed by atoms with Crippen molar-refractivity contribution in [1.29, 1.82) is 0 Å². The number of fused-ring (bicyclic) bond motifs is 1. The standard InChI is InChI=1S/C15H23N3O3S/c1-9-17-14-10(3-4-12(14)15(21)18-9)5-16-6-11(8-22-2)13(20)7-19/h3,11,13,16,19-20H,4-8H2,1-2H3,(H,17,18,21). The average Bonchev–Trinajstić information content (AvgIpc) is 2.89. The van der Waals surface area contributed by atoms with E-state index in [0.29, 0.717) is 25.3 Å². The lowest BCUT2D eigenvalue weighted by Crippen LogP contribution is -2.36. The van der Waals surface area contributed by atoms with Crippen molar-refractivity contribution in [3.05, 3.63) is 33.5 Å². The molecular weight excluding hydrogens is 302 g/mol. The SMILES string of the molecule is CSCC(CNCC1=CCc2c1nc(C)[nH]c2=O)C(O)CO. The third kappa shape index (κ3) is 3.98. The van der Waals surface area contributed by atoms with Crippen LogP contribution in [0, 0.1) is 12.8 Å². The molecule has 0 spiro atoms. The molecule has 1 aromatic heterocycles. The second-order valence-electron chi connectivity index (χ2n) is 5.51. The van der Waals surface area contributed by atoms with E-state index in [9.17, 15) is 9.90 Å². The van der Waals surface area contributed by atoms with Crippen LogP contribution in [0.1, 0.15) is 17.1 Å². The topological polar surface area (TPSA) is 98.2 Å². The van der Waals surface area contributed by atoms with E-state index in [1.807, 2.05) is 12.3 Å². The maximum absolute atomic E-state index is 11.9. The van der Waals surface area contributed by atoms with Crippen LogP contribution < -0.4 is 10.9 Å². The summed E-state index contributed by atoms with van der Waals surface area (Å²) in [7, 11) is 0. The highest BCUT2D eigenvalue weighted by Crippen LogP contribution is 2.22. The molecule has 0 bridgehead atoms. The molecular formula is C15H23N3O3S. The van der Waals surface area contributed by atoms with Gasteiger partial charge in [-0.15, -0.1) is 0 Å². The number of nitrogens with one attached hydrogen (secondary N) is 2. The van der Waals surface area contributed by atoms with E-state index in [-0.39, 0.29) is 18.1 Å². The van der Waals surface area contributed by atoms with E-state index in [1.54, 1.807) is 18.7 Å². The molecule has 0 amide bonds. The number of thioether (sulfide) groups is 1. The number of hydrogen-bond acceptors (Lipinski definition) is 6. The number of aromatic nitrogens is 2. The van der Waals surface area contributed by atoms with Crippen LogP contribution in [0.15, 0.2) is 10.9 Å². The van der Waals surface area contributed by atoms with Crippen LogP contribution in [0.4, 0.5) is 0 Å². The maximum Gasteiger partial charge on any atom is 0.254 e. The lowest BCUT2D eigenvalue weighted by molar-refractivity contribution is 0.0554. The Labute approximate surface area is 134 Å². The first kappa shape index (κ1) is 17.2. The molecule has 0 radical (unpaired) electrons. The highest BCUT2D eigenvalue weighted by molar-refractivity contribution is 7.98. The van der Waals surface area contributed by atoms with E-state index in [4.69, 9.17) is 5.11 Å². The van der Waals surface area contributed by atoms with Gasteiger partial charge in [-0.1, -0.05) is 6.08 Å². The molecule has 4 N–H and O–H groups in total. The molecule has 1 aliphatic carbocycles. The summed E-state index contributed by atoms with van der Waals surface area (Å²) < 4.78 is 0. The summed E-state index contributed by atoms with van der Waals surface area (Å²) in [6.07, 6.45) is 3.90. The first-order valence-corrected chi connectivity index (χ1v) is 8.74. The molecule has 6 nitrogen and oxygen atoms in total. The number of aliphatic hydroxyl groups excluding tert-OH is 2. The van der Waals surface area contributed by atoms with Gasteiger partial charge in [-0.05, 0) is 30.9 Å². The minimum atomic E-state index is -0.715. The van der Waals surface area contributed by atoms with Gasteiger partial charge in [0.25, 0.3) is 5.56 Å². The first-order chi connectivity index (χ1) is 10.6. The predicted molar refractivity (Wildman–Crippen MR) is 89.1 cm³/mol. The second kappa shape index (κ2) is 7.92. The smallest absolute Gasteiger partial charge is 0.254 e. The van der Waals surface area contributed by atoms with Crippen LogP contribution in [-0.4, -0.2) is 58.0 Å². The van der Waals surface area contributed by atoms with E-state index >= 15 is 0 Å². The van der Waals surface area contributed by atoms with E-state index in [2.05, 4.69) is 15.3 Å². The third-order valence-electron chi connectivity index (χ3n) is 3.82. The zero-order valence-corrected chi connectivity index (χ0v) is 13.7. The van der Waals surface area contributed by atoms with Gasteiger partial charge < -0.3 is 20.5 Å². The van der Waals surface area contributed by atoms with Crippen molar-refractivity contribution >= 4 is 17.3 Å². The highest BCUT2D eigenvalue weighted by atomic mass is 32.2. The van der Waals surface area contributed by atoms with Gasteiger partial charge in [0.1, 0.15) is 5.82 Å². The van der Waals surface area contributed by atoms with E-state index in [1.165, 1.54) is 0 Å². The lowest BCUT2D eigenvalue weighted by atomic mass is 10.1. The van der Waals surface area contributed by atoms with Crippen LogP contribution in [0.3, 0.4) is 0 Å². The number of hydrogen-bond donors (Lipinski definition) is 4. The Bertz CT molecular complexity index is 600. The molecule has 2 unspecified atom stereocenters. The number of allylic oxidation sites excluding steroid dienone is 1. The van der Waals surface area contributed by atoms with Gasteiger partial charge in [0.2, 0.25) is 0 Å². The Hall–Kier alpha value is -1.15. The molecule has 122 valence electrons. The fourth-order valence-electron chi connectivity index (χ4n) is 2.60. The van der Waals surface area contributed by atoms with Gasteiger partial charge in [0.05, 0.1) is 18.4 Å². The monoisotopic (exact) mass is 325 g/mol. The Balaban J connectivity index is 1.96. The molecule has 1 heterocycles. The van der Waals surface area contributed by atoms with E-state index < -0.39 is 6.10 Å². The molecule has 7 heteroatoms. The maximum atomic E-state index is 11.9. The zero-order chi connectivity index (χ0) is 16.1. The van der Waals surface area contributed by atoms with Crippen LogP contribution in [0.2, 0.25) is 0 Å². The molecule has 0 aliphatic heterocycles. The zero-order valence-electron chi connectivity index (χ0n) is 12.9. The van der Waals surface area contributed by atoms with Gasteiger partial charge in [-0.25, -0.2) is 4.98 Å². The Morgan fingerprint density at radius 2 is 2.32 bits per heavy atom. The molecule has 2 rings (SSSR count). The summed E-state index contributed by atoms with van der Waals surface area (Å²) >= 11 is 1.65. The molecule has 0 fully saturated rings. The minimum Gasteiger partial charge on any atom is -0.394 e. The Morgan fingerprint density at radius 1 is 1.55 bits per heavy atom. The van der Waals surface area contributed by atoms with Crippen molar-refractivity contribution in [2.75, 3.05) is 31.7 Å². The average molecular weight is 325 g/mol. The summed E-state index contributed by atoms with van der Waals surface area (Å²) in [5, 5.41) is 22.2. The summed E-state index contributed by atoms with van der Waals surface area (Å²) in [5.74, 6) is 1.39. The van der Waals surface area contributed by atoms with Crippen molar-refractivity contribution in [3.63, 3.8) is 0 Å². The summed E-state index contributed by atoms with van der Waals surface area (Å²) in [4.78, 5) is 19.0.